The number of alkyl carbamates (subject to hydrolysis) is 1. The summed E-state index contributed by atoms with van der Waals surface area (Å²) >= 11 is 0. The molecule has 1 amide bonds. The SMILES string of the molecule is CC(C)(C)OC(=O)NCC1CCN(C(C)(C)C)C1. The number of rotatable bonds is 2. The van der Waals surface area contributed by atoms with Crippen LogP contribution in [0.3, 0.4) is 0 Å². The minimum atomic E-state index is -0.419. The van der Waals surface area contributed by atoms with Gasteiger partial charge in [-0.05, 0) is 60.4 Å². The Balaban J connectivity index is 2.28. The van der Waals surface area contributed by atoms with Crippen molar-refractivity contribution in [3.63, 3.8) is 0 Å². The maximum atomic E-state index is 11.5. The first-order chi connectivity index (χ1) is 8.08. The number of amides is 1. The molecule has 0 aliphatic carbocycles. The first kappa shape index (κ1) is 15.3. The van der Waals surface area contributed by atoms with Gasteiger partial charge in [0.25, 0.3) is 0 Å². The zero-order valence-electron chi connectivity index (χ0n) is 12.7. The van der Waals surface area contributed by atoms with Crippen molar-refractivity contribution in [3.8, 4) is 0 Å². The molecule has 1 fully saturated rings. The van der Waals surface area contributed by atoms with Crippen molar-refractivity contribution in [1.82, 2.24) is 10.2 Å². The number of ether oxygens (including phenoxy) is 1. The fourth-order valence-electron chi connectivity index (χ4n) is 2.15. The highest BCUT2D eigenvalue weighted by atomic mass is 16.6. The van der Waals surface area contributed by atoms with Crippen LogP contribution in [0.1, 0.15) is 48.0 Å². The summed E-state index contributed by atoms with van der Waals surface area (Å²) in [4.78, 5) is 14.0. The van der Waals surface area contributed by atoms with Crippen molar-refractivity contribution in [2.75, 3.05) is 19.6 Å². The van der Waals surface area contributed by atoms with Crippen molar-refractivity contribution in [2.24, 2.45) is 5.92 Å². The maximum absolute atomic E-state index is 11.5. The van der Waals surface area contributed by atoms with Gasteiger partial charge in [-0.1, -0.05) is 0 Å². The summed E-state index contributed by atoms with van der Waals surface area (Å²) in [5, 5.41) is 2.87. The van der Waals surface area contributed by atoms with Crippen LogP contribution in [-0.2, 0) is 4.74 Å². The van der Waals surface area contributed by atoms with Gasteiger partial charge in [0.1, 0.15) is 5.60 Å². The van der Waals surface area contributed by atoms with Crippen LogP contribution in [0.25, 0.3) is 0 Å². The molecule has 1 aliphatic heterocycles. The minimum absolute atomic E-state index is 0.223. The van der Waals surface area contributed by atoms with Gasteiger partial charge in [-0.2, -0.15) is 0 Å². The first-order valence-electron chi connectivity index (χ1n) is 6.80. The molecule has 0 aromatic carbocycles. The third-order valence-corrected chi connectivity index (χ3v) is 3.17. The Morgan fingerprint density at radius 2 is 1.89 bits per heavy atom. The molecule has 0 aromatic rings. The topological polar surface area (TPSA) is 41.6 Å². The van der Waals surface area contributed by atoms with Crippen molar-refractivity contribution < 1.29 is 9.53 Å². The highest BCUT2D eigenvalue weighted by Gasteiger charge is 2.30. The van der Waals surface area contributed by atoms with E-state index in [0.29, 0.717) is 12.5 Å². The lowest BCUT2D eigenvalue weighted by molar-refractivity contribution is 0.0519. The van der Waals surface area contributed by atoms with E-state index >= 15 is 0 Å². The number of nitrogens with one attached hydrogen (secondary N) is 1. The smallest absolute Gasteiger partial charge is 0.407 e. The molecular weight excluding hydrogens is 228 g/mol. The van der Waals surface area contributed by atoms with Crippen molar-refractivity contribution in [1.29, 1.82) is 0 Å². The summed E-state index contributed by atoms with van der Waals surface area (Å²) in [6, 6.07) is 0. The van der Waals surface area contributed by atoms with Crippen molar-refractivity contribution in [3.05, 3.63) is 0 Å². The van der Waals surface area contributed by atoms with E-state index in [9.17, 15) is 4.79 Å². The Morgan fingerprint density at radius 1 is 1.28 bits per heavy atom. The van der Waals surface area contributed by atoms with E-state index in [-0.39, 0.29) is 11.6 Å². The predicted octanol–water partition coefficient (Wildman–Crippen LogP) is 2.63. The number of hydrogen-bond acceptors (Lipinski definition) is 3. The van der Waals surface area contributed by atoms with Gasteiger partial charge in [-0.3, -0.25) is 4.90 Å². The van der Waals surface area contributed by atoms with Crippen LogP contribution in [-0.4, -0.2) is 41.8 Å². The highest BCUT2D eigenvalue weighted by Crippen LogP contribution is 2.23. The van der Waals surface area contributed by atoms with E-state index < -0.39 is 5.60 Å². The van der Waals surface area contributed by atoms with Crippen LogP contribution in [0.2, 0.25) is 0 Å². The lowest BCUT2D eigenvalue weighted by Crippen LogP contribution is -2.40. The normalized spacial score (nSPS) is 22.0. The van der Waals surface area contributed by atoms with Crippen LogP contribution < -0.4 is 5.32 Å². The Hall–Kier alpha value is -0.770. The van der Waals surface area contributed by atoms with Gasteiger partial charge in [0.2, 0.25) is 0 Å². The summed E-state index contributed by atoms with van der Waals surface area (Å²) in [6.07, 6.45) is 0.837. The van der Waals surface area contributed by atoms with Crippen LogP contribution in [0.5, 0.6) is 0 Å². The molecule has 0 aromatic heterocycles. The molecule has 0 saturated carbocycles. The van der Waals surface area contributed by atoms with Crippen LogP contribution in [0, 0.1) is 5.92 Å². The molecule has 4 nitrogen and oxygen atoms in total. The molecule has 1 aliphatic rings. The van der Waals surface area contributed by atoms with Gasteiger partial charge < -0.3 is 10.1 Å². The second-order valence-electron chi connectivity index (χ2n) is 7.15. The number of carbonyl (C=O) groups is 1. The fourth-order valence-corrected chi connectivity index (χ4v) is 2.15. The molecule has 1 saturated heterocycles. The van der Waals surface area contributed by atoms with Crippen LogP contribution >= 0.6 is 0 Å². The highest BCUT2D eigenvalue weighted by molar-refractivity contribution is 5.67. The monoisotopic (exact) mass is 256 g/mol. The number of nitrogens with zero attached hydrogens (tertiary/aromatic N) is 1. The van der Waals surface area contributed by atoms with Gasteiger partial charge in [0.15, 0.2) is 0 Å². The zero-order valence-corrected chi connectivity index (χ0v) is 12.7. The molecule has 0 bridgehead atoms. The molecule has 1 rings (SSSR count). The zero-order chi connectivity index (χ0) is 14.0. The number of likely N-dealkylation sites (tertiary alicyclic amines) is 1. The van der Waals surface area contributed by atoms with Crippen molar-refractivity contribution >= 4 is 6.09 Å². The molecule has 18 heavy (non-hydrogen) atoms. The largest absolute Gasteiger partial charge is 0.444 e. The Bertz CT molecular complexity index is 289. The molecule has 1 unspecified atom stereocenters. The molecule has 0 radical (unpaired) electrons. The predicted molar refractivity (Wildman–Crippen MR) is 73.7 cm³/mol. The Morgan fingerprint density at radius 3 is 2.33 bits per heavy atom. The molecule has 106 valence electrons. The Labute approximate surface area is 111 Å². The van der Waals surface area contributed by atoms with Gasteiger partial charge in [0.05, 0.1) is 0 Å². The molecule has 1 heterocycles. The van der Waals surface area contributed by atoms with E-state index in [1.807, 2.05) is 20.8 Å². The third kappa shape index (κ3) is 5.25. The second kappa shape index (κ2) is 5.47. The van der Waals surface area contributed by atoms with E-state index in [2.05, 4.69) is 31.0 Å². The summed E-state index contributed by atoms with van der Waals surface area (Å²) < 4.78 is 5.23. The molecule has 4 heteroatoms. The summed E-state index contributed by atoms with van der Waals surface area (Å²) in [5.74, 6) is 0.539. The fraction of sp³-hybridized carbons (Fsp3) is 0.929. The van der Waals surface area contributed by atoms with E-state index in [4.69, 9.17) is 4.74 Å². The van der Waals surface area contributed by atoms with Crippen LogP contribution in [0.4, 0.5) is 4.79 Å². The minimum Gasteiger partial charge on any atom is -0.444 e. The molecule has 0 spiro atoms. The van der Waals surface area contributed by atoms with E-state index in [1.165, 1.54) is 0 Å². The third-order valence-electron chi connectivity index (χ3n) is 3.17. The van der Waals surface area contributed by atoms with Gasteiger partial charge in [-0.15, -0.1) is 0 Å². The van der Waals surface area contributed by atoms with Gasteiger partial charge in [0, 0.05) is 18.6 Å². The van der Waals surface area contributed by atoms with Crippen LogP contribution in [0.15, 0.2) is 0 Å². The van der Waals surface area contributed by atoms with E-state index in [0.717, 1.165) is 19.5 Å². The number of hydrogen-bond donors (Lipinski definition) is 1. The lowest BCUT2D eigenvalue weighted by atomic mass is 10.1. The first-order valence-corrected chi connectivity index (χ1v) is 6.80. The molecule has 1 N–H and O–H groups in total. The average molecular weight is 256 g/mol. The maximum Gasteiger partial charge on any atom is 0.407 e. The van der Waals surface area contributed by atoms with Gasteiger partial charge >= 0.3 is 6.09 Å². The average Bonchev–Trinajstić information content (AvgIpc) is 2.59. The summed E-state index contributed by atoms with van der Waals surface area (Å²) in [5.41, 5.74) is -0.197. The lowest BCUT2D eigenvalue weighted by Gasteiger charge is -2.31. The molecular formula is C14H28N2O2. The molecule has 1 atom stereocenters. The van der Waals surface area contributed by atoms with Gasteiger partial charge in [-0.25, -0.2) is 4.79 Å². The standard InChI is InChI=1S/C14H28N2O2/c1-13(2,3)16-8-7-11(10-16)9-15-12(17)18-14(4,5)6/h11H,7-10H2,1-6H3,(H,15,17). The summed E-state index contributed by atoms with van der Waals surface area (Å²) in [7, 11) is 0. The van der Waals surface area contributed by atoms with E-state index in [1.54, 1.807) is 0 Å². The summed E-state index contributed by atoms with van der Waals surface area (Å²) in [6.45, 7) is 15.2. The van der Waals surface area contributed by atoms with Crippen molar-refractivity contribution in [2.45, 2.75) is 59.1 Å². The Kier molecular flexibility index (Phi) is 4.65. The number of carbonyl (C=O) groups excluding carboxylic acids is 1. The second-order valence-corrected chi connectivity index (χ2v) is 7.15. The quantitative estimate of drug-likeness (QED) is 0.826.